The van der Waals surface area contributed by atoms with E-state index in [9.17, 15) is 19.2 Å². The number of carbonyl (C=O) groups is 4. The molecule has 28 heavy (non-hydrogen) atoms. The number of amides is 5. The molecule has 2 rings (SSSR count). The molecule has 0 aliphatic carbocycles. The van der Waals surface area contributed by atoms with Crippen LogP contribution in [-0.4, -0.2) is 67.4 Å². The smallest absolute Gasteiger partial charge is 0.333 e. The molecule has 1 heterocycles. The van der Waals surface area contributed by atoms with Crippen LogP contribution in [0.15, 0.2) is 24.3 Å². The van der Waals surface area contributed by atoms with Crippen molar-refractivity contribution in [3.05, 3.63) is 29.8 Å². The van der Waals surface area contributed by atoms with Gasteiger partial charge in [-0.25, -0.2) is 4.79 Å². The Morgan fingerprint density at radius 1 is 1.18 bits per heavy atom. The zero-order valence-corrected chi connectivity index (χ0v) is 16.1. The van der Waals surface area contributed by atoms with Gasteiger partial charge in [0.25, 0.3) is 0 Å². The number of likely N-dealkylation sites (N-methyl/N-ethyl adjacent to an activating group) is 1. The van der Waals surface area contributed by atoms with Crippen molar-refractivity contribution in [2.45, 2.75) is 13.3 Å². The third-order valence-electron chi connectivity index (χ3n) is 4.02. The molecule has 0 bridgehead atoms. The van der Waals surface area contributed by atoms with Crippen molar-refractivity contribution in [2.75, 3.05) is 33.9 Å². The molecule has 1 aromatic carbocycles. The number of benzene rings is 1. The fourth-order valence-corrected chi connectivity index (χ4v) is 2.56. The van der Waals surface area contributed by atoms with Gasteiger partial charge in [-0.05, 0) is 37.1 Å². The molecule has 9 heteroatoms. The molecule has 1 aliphatic heterocycles. The molecule has 0 aromatic heterocycles. The van der Waals surface area contributed by atoms with E-state index >= 15 is 0 Å². The summed E-state index contributed by atoms with van der Waals surface area (Å²) in [7, 11) is 2.81. The van der Waals surface area contributed by atoms with E-state index in [1.165, 1.54) is 13.1 Å². The SMILES string of the molecule is CCOc1cc(/C=C/C(=O)NCCCN2C(=O)C(=O)N(C)C2=O)ccc1OC. The summed E-state index contributed by atoms with van der Waals surface area (Å²) in [4.78, 5) is 48.3. The fraction of sp³-hybridized carbons (Fsp3) is 0.368. The molecule has 0 atom stereocenters. The number of rotatable bonds is 9. The van der Waals surface area contributed by atoms with Gasteiger partial charge in [0.1, 0.15) is 0 Å². The molecular formula is C19H23N3O6. The summed E-state index contributed by atoms with van der Waals surface area (Å²) in [5, 5.41) is 2.66. The van der Waals surface area contributed by atoms with Crippen LogP contribution in [0, 0.1) is 0 Å². The molecule has 1 saturated heterocycles. The van der Waals surface area contributed by atoms with Crippen LogP contribution in [0.5, 0.6) is 11.5 Å². The van der Waals surface area contributed by atoms with E-state index in [0.717, 1.165) is 15.4 Å². The van der Waals surface area contributed by atoms with Gasteiger partial charge < -0.3 is 14.8 Å². The van der Waals surface area contributed by atoms with Gasteiger partial charge in [0, 0.05) is 26.2 Å². The fourth-order valence-electron chi connectivity index (χ4n) is 2.56. The van der Waals surface area contributed by atoms with Crippen LogP contribution in [0.3, 0.4) is 0 Å². The lowest BCUT2D eigenvalue weighted by Crippen LogP contribution is -2.34. The topological polar surface area (TPSA) is 105 Å². The first-order valence-electron chi connectivity index (χ1n) is 8.79. The summed E-state index contributed by atoms with van der Waals surface area (Å²) in [6.45, 7) is 2.68. The Morgan fingerprint density at radius 2 is 1.93 bits per heavy atom. The third kappa shape index (κ3) is 4.87. The number of carbonyl (C=O) groups excluding carboxylic acids is 4. The van der Waals surface area contributed by atoms with Crippen LogP contribution in [0.2, 0.25) is 0 Å². The Hall–Kier alpha value is -3.36. The van der Waals surface area contributed by atoms with Crippen molar-refractivity contribution >= 4 is 29.8 Å². The minimum absolute atomic E-state index is 0.0634. The average molecular weight is 389 g/mol. The van der Waals surface area contributed by atoms with E-state index in [1.807, 2.05) is 6.92 Å². The molecular weight excluding hydrogens is 366 g/mol. The molecule has 1 aromatic rings. The number of urea groups is 1. The first-order valence-corrected chi connectivity index (χ1v) is 8.79. The molecule has 150 valence electrons. The zero-order valence-electron chi connectivity index (χ0n) is 16.1. The second kappa shape index (κ2) is 9.54. The molecule has 0 unspecified atom stereocenters. The highest BCUT2D eigenvalue weighted by atomic mass is 16.5. The first-order chi connectivity index (χ1) is 13.4. The van der Waals surface area contributed by atoms with E-state index in [4.69, 9.17) is 9.47 Å². The number of ether oxygens (including phenoxy) is 2. The van der Waals surface area contributed by atoms with E-state index in [2.05, 4.69) is 5.32 Å². The minimum atomic E-state index is -0.845. The Bertz CT molecular complexity index is 805. The molecule has 1 N–H and O–H groups in total. The number of nitrogens with zero attached hydrogens (tertiary/aromatic N) is 2. The summed E-state index contributed by atoms with van der Waals surface area (Å²) in [6.07, 6.45) is 3.36. The van der Waals surface area contributed by atoms with E-state index in [-0.39, 0.29) is 19.0 Å². The molecule has 9 nitrogen and oxygen atoms in total. The van der Waals surface area contributed by atoms with E-state index < -0.39 is 17.8 Å². The van der Waals surface area contributed by atoms with Crippen molar-refractivity contribution < 1.29 is 28.7 Å². The largest absolute Gasteiger partial charge is 0.493 e. The standard InChI is InChI=1S/C19H23N3O6/c1-4-28-15-12-13(6-8-14(15)27-3)7-9-16(23)20-10-5-11-22-18(25)17(24)21(2)19(22)26/h6-9,12H,4-5,10-11H2,1-3H3,(H,20,23)/b9-7+. The van der Waals surface area contributed by atoms with Crippen LogP contribution in [0.4, 0.5) is 4.79 Å². The van der Waals surface area contributed by atoms with Crippen molar-refractivity contribution in [1.82, 2.24) is 15.1 Å². The number of methoxy groups -OCH3 is 1. The lowest BCUT2D eigenvalue weighted by Gasteiger charge is -2.12. The highest BCUT2D eigenvalue weighted by Crippen LogP contribution is 2.28. The Balaban J connectivity index is 1.81. The van der Waals surface area contributed by atoms with Gasteiger partial charge in [-0.2, -0.15) is 0 Å². The highest BCUT2D eigenvalue weighted by Gasteiger charge is 2.41. The minimum Gasteiger partial charge on any atom is -0.493 e. The second-order valence-electron chi connectivity index (χ2n) is 5.92. The normalized spacial score (nSPS) is 14.2. The number of nitrogens with one attached hydrogen (secondary N) is 1. The highest BCUT2D eigenvalue weighted by molar-refractivity contribution is 6.44. The maximum absolute atomic E-state index is 11.9. The quantitative estimate of drug-likeness (QED) is 0.293. The van der Waals surface area contributed by atoms with Gasteiger partial charge in [-0.15, -0.1) is 0 Å². The summed E-state index contributed by atoms with van der Waals surface area (Å²) in [5.41, 5.74) is 0.772. The van der Waals surface area contributed by atoms with E-state index in [0.29, 0.717) is 24.5 Å². The maximum Gasteiger partial charge on any atom is 0.333 e. The summed E-state index contributed by atoms with van der Waals surface area (Å²) < 4.78 is 10.7. The number of imide groups is 2. The second-order valence-corrected chi connectivity index (χ2v) is 5.92. The van der Waals surface area contributed by atoms with Crippen LogP contribution in [-0.2, 0) is 14.4 Å². The number of hydrogen-bond acceptors (Lipinski definition) is 6. The van der Waals surface area contributed by atoms with Crippen molar-refractivity contribution in [2.24, 2.45) is 0 Å². The van der Waals surface area contributed by atoms with Crippen LogP contribution >= 0.6 is 0 Å². The Kier molecular flexibility index (Phi) is 7.14. The van der Waals surface area contributed by atoms with Crippen LogP contribution in [0.25, 0.3) is 6.08 Å². The zero-order chi connectivity index (χ0) is 20.7. The lowest BCUT2D eigenvalue weighted by atomic mass is 10.2. The van der Waals surface area contributed by atoms with Crippen molar-refractivity contribution in [1.29, 1.82) is 0 Å². The molecule has 1 aliphatic rings. The summed E-state index contributed by atoms with van der Waals surface area (Å²) in [5.74, 6) is -0.808. The maximum atomic E-state index is 11.9. The van der Waals surface area contributed by atoms with Gasteiger partial charge >= 0.3 is 17.8 Å². The van der Waals surface area contributed by atoms with Crippen LogP contribution in [0.1, 0.15) is 18.9 Å². The molecule has 5 amide bonds. The van der Waals surface area contributed by atoms with Crippen LogP contribution < -0.4 is 14.8 Å². The predicted octanol–water partition coefficient (Wildman–Crippen LogP) is 1.03. The Morgan fingerprint density at radius 3 is 2.54 bits per heavy atom. The molecule has 1 fully saturated rings. The summed E-state index contributed by atoms with van der Waals surface area (Å²) >= 11 is 0. The van der Waals surface area contributed by atoms with Gasteiger partial charge in [-0.1, -0.05) is 6.07 Å². The number of hydrogen-bond donors (Lipinski definition) is 1. The monoisotopic (exact) mass is 389 g/mol. The molecule has 0 spiro atoms. The predicted molar refractivity (Wildman–Crippen MR) is 101 cm³/mol. The molecule has 0 radical (unpaired) electrons. The van der Waals surface area contributed by atoms with E-state index in [1.54, 1.807) is 31.4 Å². The van der Waals surface area contributed by atoms with Crippen molar-refractivity contribution in [3.63, 3.8) is 0 Å². The lowest BCUT2D eigenvalue weighted by molar-refractivity contribution is -0.142. The third-order valence-corrected chi connectivity index (χ3v) is 4.02. The molecule has 0 saturated carbocycles. The van der Waals surface area contributed by atoms with Gasteiger partial charge in [0.2, 0.25) is 5.91 Å². The average Bonchev–Trinajstić information content (AvgIpc) is 2.87. The summed E-state index contributed by atoms with van der Waals surface area (Å²) in [6, 6.07) is 4.67. The van der Waals surface area contributed by atoms with Crippen molar-refractivity contribution in [3.8, 4) is 11.5 Å². The Labute approximate surface area is 162 Å². The van der Waals surface area contributed by atoms with Gasteiger partial charge in [0.15, 0.2) is 11.5 Å². The van der Waals surface area contributed by atoms with Gasteiger partial charge in [0.05, 0.1) is 13.7 Å². The first kappa shape index (κ1) is 20.9. The van der Waals surface area contributed by atoms with Gasteiger partial charge in [-0.3, -0.25) is 24.2 Å².